The summed E-state index contributed by atoms with van der Waals surface area (Å²) in [7, 11) is 0. The van der Waals surface area contributed by atoms with E-state index in [0.29, 0.717) is 17.8 Å². The number of ether oxygens (including phenoxy) is 1. The Morgan fingerprint density at radius 3 is 2.47 bits per heavy atom. The van der Waals surface area contributed by atoms with Crippen LogP contribution in [0.15, 0.2) is 60.3 Å². The van der Waals surface area contributed by atoms with Gasteiger partial charge in [0.25, 0.3) is 11.7 Å². The number of Topliss-reactive ketones (excluding diaryl/α,β-unsaturated/α-hetero) is 1. The Balaban J connectivity index is 1.63. The highest BCUT2D eigenvalue weighted by Gasteiger charge is 2.46. The zero-order valence-corrected chi connectivity index (χ0v) is 16.7. The smallest absolute Gasteiger partial charge is 0.295 e. The number of carbonyl (C=O) groups excluding carboxylic acids is 2. The first-order valence-corrected chi connectivity index (χ1v) is 10.2. The molecule has 0 aliphatic carbocycles. The van der Waals surface area contributed by atoms with Crippen LogP contribution in [0.25, 0.3) is 5.76 Å². The molecule has 0 spiro atoms. The van der Waals surface area contributed by atoms with Crippen LogP contribution in [-0.4, -0.2) is 71.0 Å². The van der Waals surface area contributed by atoms with Crippen LogP contribution in [0.4, 0.5) is 0 Å². The number of carbonyl (C=O) groups is 2. The molecule has 7 nitrogen and oxygen atoms in total. The molecule has 2 saturated heterocycles. The van der Waals surface area contributed by atoms with E-state index in [1.807, 2.05) is 12.1 Å². The third kappa shape index (κ3) is 4.13. The topological polar surface area (TPSA) is 83.0 Å². The van der Waals surface area contributed by atoms with Crippen molar-refractivity contribution in [3.8, 4) is 0 Å². The lowest BCUT2D eigenvalue weighted by molar-refractivity contribution is -0.140. The lowest BCUT2D eigenvalue weighted by atomic mass is 9.98. The van der Waals surface area contributed by atoms with Gasteiger partial charge in [-0.3, -0.25) is 19.5 Å². The lowest BCUT2D eigenvalue weighted by Crippen LogP contribution is -2.39. The minimum absolute atomic E-state index is 0.0938. The van der Waals surface area contributed by atoms with Crippen molar-refractivity contribution < 1.29 is 19.4 Å². The molecule has 2 aromatic rings. The van der Waals surface area contributed by atoms with Crippen LogP contribution in [0.5, 0.6) is 0 Å². The first-order valence-electron chi connectivity index (χ1n) is 10.2. The van der Waals surface area contributed by atoms with Crippen LogP contribution >= 0.6 is 0 Å². The van der Waals surface area contributed by atoms with Gasteiger partial charge in [-0.1, -0.05) is 36.4 Å². The molecule has 0 saturated carbocycles. The highest BCUT2D eigenvalue weighted by atomic mass is 16.5. The third-order valence-electron chi connectivity index (χ3n) is 5.53. The fourth-order valence-corrected chi connectivity index (χ4v) is 4.00. The Morgan fingerprint density at radius 1 is 1.03 bits per heavy atom. The van der Waals surface area contributed by atoms with Crippen LogP contribution in [0.3, 0.4) is 0 Å². The van der Waals surface area contributed by atoms with Crippen molar-refractivity contribution >= 4 is 17.4 Å². The maximum absolute atomic E-state index is 12.9. The average Bonchev–Trinajstić information content (AvgIpc) is 3.05. The predicted octanol–water partition coefficient (Wildman–Crippen LogP) is 2.23. The molecule has 4 rings (SSSR count). The molecule has 156 valence electrons. The number of rotatable bonds is 6. The van der Waals surface area contributed by atoms with Gasteiger partial charge in [-0.25, -0.2) is 0 Å². The van der Waals surface area contributed by atoms with Gasteiger partial charge < -0.3 is 14.7 Å². The summed E-state index contributed by atoms with van der Waals surface area (Å²) in [5.41, 5.74) is 1.17. The van der Waals surface area contributed by atoms with Crippen LogP contribution in [0.1, 0.15) is 23.7 Å². The molecule has 1 amide bonds. The van der Waals surface area contributed by atoms with Crippen molar-refractivity contribution in [3.63, 3.8) is 0 Å². The molecule has 0 radical (unpaired) electrons. The van der Waals surface area contributed by atoms with E-state index >= 15 is 0 Å². The van der Waals surface area contributed by atoms with Gasteiger partial charge in [0.1, 0.15) is 11.8 Å². The van der Waals surface area contributed by atoms with Gasteiger partial charge in [-0.15, -0.1) is 0 Å². The monoisotopic (exact) mass is 407 g/mol. The van der Waals surface area contributed by atoms with Crippen LogP contribution in [0, 0.1) is 0 Å². The van der Waals surface area contributed by atoms with Crippen molar-refractivity contribution in [2.75, 3.05) is 39.4 Å². The summed E-state index contributed by atoms with van der Waals surface area (Å²) >= 11 is 0. The second-order valence-corrected chi connectivity index (χ2v) is 7.42. The third-order valence-corrected chi connectivity index (χ3v) is 5.53. The number of aromatic nitrogens is 1. The summed E-state index contributed by atoms with van der Waals surface area (Å²) in [6.07, 6.45) is 2.35. The number of aliphatic hydroxyl groups excluding tert-OH is 1. The van der Waals surface area contributed by atoms with E-state index in [-0.39, 0.29) is 11.3 Å². The molecule has 1 aromatic carbocycles. The molecule has 2 aliphatic rings. The van der Waals surface area contributed by atoms with E-state index < -0.39 is 17.7 Å². The SMILES string of the molecule is O=C1C(=O)N(CCCN2CCOCC2)C(c2ccccn2)/C1=C(\O)c1ccccc1. The van der Waals surface area contributed by atoms with Crippen molar-refractivity contribution in [2.45, 2.75) is 12.5 Å². The molecule has 7 heteroatoms. The Hall–Kier alpha value is -3.03. The zero-order valence-electron chi connectivity index (χ0n) is 16.7. The standard InChI is InChI=1S/C23H25N3O4/c27-21(17-7-2-1-3-8-17)19-20(18-9-4-5-10-24-18)26(23(29)22(19)28)12-6-11-25-13-15-30-16-14-25/h1-5,7-10,20,27H,6,11-16H2/b21-19+. The summed E-state index contributed by atoms with van der Waals surface area (Å²) in [5.74, 6) is -1.43. The fraction of sp³-hybridized carbons (Fsp3) is 0.348. The number of nitrogens with zero attached hydrogens (tertiary/aromatic N) is 3. The molecule has 3 heterocycles. The number of pyridine rings is 1. The molecule has 1 aromatic heterocycles. The van der Waals surface area contributed by atoms with E-state index in [2.05, 4.69) is 9.88 Å². The van der Waals surface area contributed by atoms with Gasteiger partial charge in [0.2, 0.25) is 0 Å². The summed E-state index contributed by atoms with van der Waals surface area (Å²) in [4.78, 5) is 34.0. The highest BCUT2D eigenvalue weighted by molar-refractivity contribution is 6.46. The molecule has 30 heavy (non-hydrogen) atoms. The van der Waals surface area contributed by atoms with Crippen molar-refractivity contribution in [3.05, 3.63) is 71.6 Å². The van der Waals surface area contributed by atoms with Gasteiger partial charge in [0.15, 0.2) is 0 Å². The summed E-state index contributed by atoms with van der Waals surface area (Å²) in [5, 5.41) is 10.9. The molecule has 1 unspecified atom stereocenters. The number of amides is 1. The Morgan fingerprint density at radius 2 is 1.77 bits per heavy atom. The molecule has 2 fully saturated rings. The van der Waals surface area contributed by atoms with Gasteiger partial charge in [0, 0.05) is 37.9 Å². The van der Waals surface area contributed by atoms with E-state index in [1.165, 1.54) is 0 Å². The van der Waals surface area contributed by atoms with Crippen molar-refractivity contribution in [1.82, 2.24) is 14.8 Å². The summed E-state index contributed by atoms with van der Waals surface area (Å²) in [6.45, 7) is 4.41. The molecular weight excluding hydrogens is 382 g/mol. The van der Waals surface area contributed by atoms with E-state index in [1.54, 1.807) is 47.5 Å². The number of likely N-dealkylation sites (tertiary alicyclic amines) is 1. The largest absolute Gasteiger partial charge is 0.507 e. The fourth-order valence-electron chi connectivity index (χ4n) is 4.00. The number of aliphatic hydroxyl groups is 1. The van der Waals surface area contributed by atoms with Crippen LogP contribution in [-0.2, 0) is 14.3 Å². The number of ketones is 1. The van der Waals surface area contributed by atoms with E-state index in [9.17, 15) is 14.7 Å². The normalized spacial score (nSPS) is 21.9. The second kappa shape index (κ2) is 9.19. The van der Waals surface area contributed by atoms with Gasteiger partial charge in [-0.05, 0) is 18.6 Å². The number of hydrogen-bond acceptors (Lipinski definition) is 6. The molecule has 2 aliphatic heterocycles. The van der Waals surface area contributed by atoms with Gasteiger partial charge in [0.05, 0.1) is 24.5 Å². The minimum Gasteiger partial charge on any atom is -0.507 e. The lowest BCUT2D eigenvalue weighted by Gasteiger charge is -2.28. The Labute approximate surface area is 175 Å². The van der Waals surface area contributed by atoms with Crippen molar-refractivity contribution in [2.24, 2.45) is 0 Å². The number of hydrogen-bond donors (Lipinski definition) is 1. The molecule has 0 bridgehead atoms. The van der Waals surface area contributed by atoms with Crippen molar-refractivity contribution in [1.29, 1.82) is 0 Å². The summed E-state index contributed by atoms with van der Waals surface area (Å²) < 4.78 is 5.37. The van der Waals surface area contributed by atoms with Gasteiger partial charge >= 0.3 is 0 Å². The predicted molar refractivity (Wildman–Crippen MR) is 112 cm³/mol. The molecule has 1 atom stereocenters. The quantitative estimate of drug-likeness (QED) is 0.449. The first-order chi connectivity index (χ1) is 14.7. The highest BCUT2D eigenvalue weighted by Crippen LogP contribution is 2.38. The van der Waals surface area contributed by atoms with Crippen LogP contribution < -0.4 is 0 Å². The second-order valence-electron chi connectivity index (χ2n) is 7.42. The molecular formula is C23H25N3O4. The Kier molecular flexibility index (Phi) is 6.21. The number of morpholine rings is 1. The Bertz CT molecular complexity index is 924. The van der Waals surface area contributed by atoms with Gasteiger partial charge in [-0.2, -0.15) is 0 Å². The maximum Gasteiger partial charge on any atom is 0.295 e. The molecule has 1 N–H and O–H groups in total. The van der Waals surface area contributed by atoms with Crippen LogP contribution in [0.2, 0.25) is 0 Å². The minimum atomic E-state index is -0.698. The zero-order chi connectivity index (χ0) is 20.9. The van der Waals surface area contributed by atoms with E-state index in [0.717, 1.165) is 39.3 Å². The average molecular weight is 407 g/mol. The first kappa shape index (κ1) is 20.3. The number of benzene rings is 1. The maximum atomic E-state index is 12.9. The summed E-state index contributed by atoms with van der Waals surface area (Å²) in [6, 6.07) is 13.5. The van der Waals surface area contributed by atoms with E-state index in [4.69, 9.17) is 4.74 Å².